The Kier molecular flexibility index (Phi) is 7.13. The van der Waals surface area contributed by atoms with E-state index in [-0.39, 0.29) is 0 Å². The van der Waals surface area contributed by atoms with Crippen molar-refractivity contribution in [1.29, 1.82) is 0 Å². The zero-order valence-electron chi connectivity index (χ0n) is 23.0. The van der Waals surface area contributed by atoms with Crippen LogP contribution in [0.2, 0.25) is 0 Å². The average molecular weight is 603 g/mol. The highest BCUT2D eigenvalue weighted by molar-refractivity contribution is 9.10. The fraction of sp³-hybridized carbons (Fsp3) is 0. The zero-order chi connectivity index (χ0) is 28.3. The molecule has 0 fully saturated rings. The lowest BCUT2D eigenvalue weighted by molar-refractivity contribution is 1.29. The summed E-state index contributed by atoms with van der Waals surface area (Å²) in [6, 6.07) is 60.7. The number of hydrogen-bond acceptors (Lipinski definition) is 1. The van der Waals surface area contributed by atoms with Crippen molar-refractivity contribution >= 4 is 43.8 Å². The summed E-state index contributed by atoms with van der Waals surface area (Å²) in [5.74, 6) is 0. The van der Waals surface area contributed by atoms with Crippen LogP contribution >= 0.6 is 15.9 Å². The molecule has 0 N–H and O–H groups in total. The fourth-order valence-electron chi connectivity index (χ4n) is 5.52. The molecule has 0 aliphatic carbocycles. The van der Waals surface area contributed by atoms with Crippen molar-refractivity contribution in [2.24, 2.45) is 0 Å². The van der Waals surface area contributed by atoms with Gasteiger partial charge < -0.3 is 4.90 Å². The van der Waals surface area contributed by atoms with Gasteiger partial charge in [-0.3, -0.25) is 0 Å². The molecule has 200 valence electrons. The molecule has 7 aromatic carbocycles. The van der Waals surface area contributed by atoms with E-state index in [0.29, 0.717) is 0 Å². The van der Waals surface area contributed by atoms with Gasteiger partial charge in [-0.25, -0.2) is 0 Å². The van der Waals surface area contributed by atoms with Gasteiger partial charge in [0.05, 0.1) is 0 Å². The molecule has 0 saturated heterocycles. The lowest BCUT2D eigenvalue weighted by atomic mass is 9.99. The second-order valence-electron chi connectivity index (χ2n) is 10.4. The Hall–Kier alpha value is -4.92. The molecule has 0 saturated carbocycles. The Morgan fingerprint density at radius 2 is 0.762 bits per heavy atom. The number of benzene rings is 7. The van der Waals surface area contributed by atoms with Crippen LogP contribution in [0.15, 0.2) is 174 Å². The zero-order valence-corrected chi connectivity index (χ0v) is 24.6. The van der Waals surface area contributed by atoms with E-state index in [4.69, 9.17) is 0 Å². The molecule has 0 aromatic heterocycles. The number of nitrogens with zero attached hydrogens (tertiary/aromatic N) is 1. The number of fused-ring (bicyclic) bond motifs is 1. The summed E-state index contributed by atoms with van der Waals surface area (Å²) in [4.78, 5) is 2.34. The van der Waals surface area contributed by atoms with E-state index in [9.17, 15) is 0 Å². The quantitative estimate of drug-likeness (QED) is 0.183. The van der Waals surface area contributed by atoms with Crippen molar-refractivity contribution in [1.82, 2.24) is 0 Å². The van der Waals surface area contributed by atoms with Gasteiger partial charge >= 0.3 is 0 Å². The van der Waals surface area contributed by atoms with Crippen molar-refractivity contribution in [2.75, 3.05) is 4.90 Å². The fourth-order valence-corrected chi connectivity index (χ4v) is 5.78. The van der Waals surface area contributed by atoms with E-state index in [1.807, 2.05) is 0 Å². The highest BCUT2D eigenvalue weighted by Crippen LogP contribution is 2.38. The van der Waals surface area contributed by atoms with Crippen LogP contribution in [0.1, 0.15) is 0 Å². The summed E-state index contributed by atoms with van der Waals surface area (Å²) in [6.07, 6.45) is 0. The van der Waals surface area contributed by atoms with Crippen LogP contribution in [0.4, 0.5) is 17.1 Å². The van der Waals surface area contributed by atoms with Gasteiger partial charge in [0.1, 0.15) is 0 Å². The summed E-state index contributed by atoms with van der Waals surface area (Å²) in [7, 11) is 0. The highest BCUT2D eigenvalue weighted by atomic mass is 79.9. The first-order chi connectivity index (χ1) is 20.7. The van der Waals surface area contributed by atoms with E-state index in [1.54, 1.807) is 0 Å². The first kappa shape index (κ1) is 26.0. The molecule has 0 radical (unpaired) electrons. The normalized spacial score (nSPS) is 11.0. The topological polar surface area (TPSA) is 3.24 Å². The van der Waals surface area contributed by atoms with Gasteiger partial charge in [-0.2, -0.15) is 0 Å². The molecular formula is C40H28BrN. The van der Waals surface area contributed by atoms with E-state index in [0.717, 1.165) is 21.5 Å². The lowest BCUT2D eigenvalue weighted by Crippen LogP contribution is -2.09. The van der Waals surface area contributed by atoms with Crippen LogP contribution in [-0.4, -0.2) is 0 Å². The maximum Gasteiger partial charge on any atom is 0.0468 e. The molecule has 0 aliphatic rings. The van der Waals surface area contributed by atoms with Crippen molar-refractivity contribution in [3.63, 3.8) is 0 Å². The second-order valence-corrected chi connectivity index (χ2v) is 11.3. The summed E-state index contributed by atoms with van der Waals surface area (Å²) in [5, 5.41) is 2.46. The second kappa shape index (κ2) is 11.5. The van der Waals surface area contributed by atoms with Crippen LogP contribution in [0.5, 0.6) is 0 Å². The molecule has 1 nitrogen and oxygen atoms in total. The van der Waals surface area contributed by atoms with Crippen molar-refractivity contribution in [3.05, 3.63) is 174 Å². The summed E-state index contributed by atoms with van der Waals surface area (Å²) >= 11 is 3.54. The number of halogens is 1. The van der Waals surface area contributed by atoms with Crippen LogP contribution in [0.3, 0.4) is 0 Å². The molecule has 0 spiro atoms. The van der Waals surface area contributed by atoms with Crippen molar-refractivity contribution < 1.29 is 0 Å². The predicted octanol–water partition coefficient (Wildman–Crippen LogP) is 12.1. The largest absolute Gasteiger partial charge is 0.310 e. The van der Waals surface area contributed by atoms with E-state index >= 15 is 0 Å². The molecule has 42 heavy (non-hydrogen) atoms. The molecule has 2 heteroatoms. The number of rotatable bonds is 6. The third kappa shape index (κ3) is 5.37. The summed E-state index contributed by atoms with van der Waals surface area (Å²) in [5.41, 5.74) is 10.6. The molecule has 0 unspecified atom stereocenters. The molecule has 0 aliphatic heterocycles. The SMILES string of the molecule is Brc1ccc(-c2cccc(-c3ccc(N(c4ccc(-c5ccccc5)cc4)c4ccc5ccccc5c4)cc3)c2)cc1. The van der Waals surface area contributed by atoms with Gasteiger partial charge in [0.15, 0.2) is 0 Å². The standard InChI is InChI=1S/C40H28BrN/c41-37-20-13-32(14-21-37)34-11-6-12-35(27-34)33-17-24-39(25-18-33)42(40-26-19-30-9-4-5-10-36(30)28-40)38-22-15-31(16-23-38)29-7-2-1-3-8-29/h1-28H. The molecule has 0 amide bonds. The highest BCUT2D eigenvalue weighted by Gasteiger charge is 2.14. The summed E-state index contributed by atoms with van der Waals surface area (Å²) in [6.45, 7) is 0. The Labute approximate surface area is 255 Å². The Morgan fingerprint density at radius 3 is 1.38 bits per heavy atom. The summed E-state index contributed by atoms with van der Waals surface area (Å²) < 4.78 is 1.09. The van der Waals surface area contributed by atoms with Gasteiger partial charge in [0.25, 0.3) is 0 Å². The van der Waals surface area contributed by atoms with E-state index in [1.165, 1.54) is 44.2 Å². The Balaban J connectivity index is 1.26. The van der Waals surface area contributed by atoms with E-state index in [2.05, 4.69) is 191 Å². The molecule has 7 rings (SSSR count). The molecule has 0 atom stereocenters. The van der Waals surface area contributed by atoms with Crippen LogP contribution in [0.25, 0.3) is 44.2 Å². The first-order valence-corrected chi connectivity index (χ1v) is 14.9. The van der Waals surface area contributed by atoms with Gasteiger partial charge in [-0.15, -0.1) is 0 Å². The smallest absolute Gasteiger partial charge is 0.0468 e. The van der Waals surface area contributed by atoms with E-state index < -0.39 is 0 Å². The molecule has 0 bridgehead atoms. The average Bonchev–Trinajstić information content (AvgIpc) is 3.06. The first-order valence-electron chi connectivity index (χ1n) is 14.1. The number of anilines is 3. The monoisotopic (exact) mass is 601 g/mol. The van der Waals surface area contributed by atoms with Crippen molar-refractivity contribution in [3.8, 4) is 33.4 Å². The van der Waals surface area contributed by atoms with Gasteiger partial charge in [0.2, 0.25) is 0 Å². The molecular weight excluding hydrogens is 574 g/mol. The maximum absolute atomic E-state index is 3.54. The van der Waals surface area contributed by atoms with Crippen LogP contribution in [-0.2, 0) is 0 Å². The minimum Gasteiger partial charge on any atom is -0.310 e. The minimum absolute atomic E-state index is 1.09. The van der Waals surface area contributed by atoms with Gasteiger partial charge in [0, 0.05) is 21.5 Å². The van der Waals surface area contributed by atoms with Crippen LogP contribution in [0, 0.1) is 0 Å². The lowest BCUT2D eigenvalue weighted by Gasteiger charge is -2.26. The molecule has 7 aromatic rings. The third-order valence-electron chi connectivity index (χ3n) is 7.72. The number of hydrogen-bond donors (Lipinski definition) is 0. The van der Waals surface area contributed by atoms with Crippen LogP contribution < -0.4 is 4.90 Å². The maximum atomic E-state index is 3.54. The van der Waals surface area contributed by atoms with Gasteiger partial charge in [-0.1, -0.05) is 131 Å². The predicted molar refractivity (Wildman–Crippen MR) is 183 cm³/mol. The Bertz CT molecular complexity index is 1960. The minimum atomic E-state index is 1.09. The van der Waals surface area contributed by atoms with Gasteiger partial charge in [-0.05, 0) is 98.8 Å². The molecule has 0 heterocycles. The Morgan fingerprint density at radius 1 is 0.310 bits per heavy atom. The third-order valence-corrected chi connectivity index (χ3v) is 8.25. The van der Waals surface area contributed by atoms with Crippen molar-refractivity contribution in [2.45, 2.75) is 0 Å².